The lowest BCUT2D eigenvalue weighted by Gasteiger charge is -2.37. The first-order chi connectivity index (χ1) is 9.56. The average molecular weight is 293 g/mol. The molecule has 1 fully saturated rings. The van der Waals surface area contributed by atoms with Crippen molar-refractivity contribution in [1.82, 2.24) is 9.62 Å². The summed E-state index contributed by atoms with van der Waals surface area (Å²) in [4.78, 5) is 0. The molecule has 108 valence electrons. The highest BCUT2D eigenvalue weighted by Crippen LogP contribution is 2.17. The summed E-state index contributed by atoms with van der Waals surface area (Å²) in [5, 5.41) is 11.9. The lowest BCUT2D eigenvalue weighted by Crippen LogP contribution is -2.59. The zero-order valence-corrected chi connectivity index (χ0v) is 12.4. The van der Waals surface area contributed by atoms with Crippen LogP contribution in [0.25, 0.3) is 0 Å². The highest BCUT2D eigenvalue weighted by atomic mass is 32.2. The Bertz CT molecular complexity index is 586. The van der Waals surface area contributed by atoms with Crippen LogP contribution in [0.4, 0.5) is 0 Å². The summed E-state index contributed by atoms with van der Waals surface area (Å²) in [6, 6.07) is 8.83. The summed E-state index contributed by atoms with van der Waals surface area (Å²) in [5.74, 6) is -0.00475. The molecule has 0 saturated carbocycles. The molecule has 1 aliphatic rings. The molecule has 1 aromatic rings. The van der Waals surface area contributed by atoms with E-state index in [-0.39, 0.29) is 11.8 Å². The van der Waals surface area contributed by atoms with Gasteiger partial charge in [0, 0.05) is 25.7 Å². The van der Waals surface area contributed by atoms with Gasteiger partial charge in [-0.2, -0.15) is 9.57 Å². The Morgan fingerprint density at radius 1 is 1.35 bits per heavy atom. The maximum Gasteiger partial charge on any atom is 0.218 e. The molecule has 1 aromatic carbocycles. The van der Waals surface area contributed by atoms with E-state index in [1.54, 1.807) is 28.6 Å². The van der Waals surface area contributed by atoms with Gasteiger partial charge in [0.15, 0.2) is 0 Å². The Kier molecular flexibility index (Phi) is 4.76. The number of nitrogens with one attached hydrogen (secondary N) is 1. The third-order valence-corrected chi connectivity index (χ3v) is 5.29. The summed E-state index contributed by atoms with van der Waals surface area (Å²) in [7, 11) is -3.31. The first-order valence-electron chi connectivity index (χ1n) is 6.76. The predicted molar refractivity (Wildman–Crippen MR) is 77.4 cm³/mol. The zero-order valence-electron chi connectivity index (χ0n) is 11.5. The van der Waals surface area contributed by atoms with Crippen molar-refractivity contribution in [1.29, 1.82) is 5.26 Å². The van der Waals surface area contributed by atoms with Crippen molar-refractivity contribution >= 4 is 10.0 Å². The monoisotopic (exact) mass is 293 g/mol. The highest BCUT2D eigenvalue weighted by Gasteiger charge is 2.32. The predicted octanol–water partition coefficient (Wildman–Crippen LogP) is 1.07. The van der Waals surface area contributed by atoms with Gasteiger partial charge in [0.2, 0.25) is 10.0 Å². The van der Waals surface area contributed by atoms with Gasteiger partial charge in [0.25, 0.3) is 0 Å². The van der Waals surface area contributed by atoms with E-state index in [9.17, 15) is 8.42 Å². The van der Waals surface area contributed by atoms with Gasteiger partial charge in [-0.05, 0) is 24.1 Å². The summed E-state index contributed by atoms with van der Waals surface area (Å²) < 4.78 is 26.6. The Morgan fingerprint density at radius 2 is 2.00 bits per heavy atom. The smallest absolute Gasteiger partial charge is 0.218 e. The minimum atomic E-state index is -3.31. The third kappa shape index (κ3) is 3.37. The molecule has 0 radical (unpaired) electrons. The van der Waals surface area contributed by atoms with Gasteiger partial charge < -0.3 is 5.32 Å². The molecular weight excluding hydrogens is 274 g/mol. The molecule has 0 bridgehead atoms. The van der Waals surface area contributed by atoms with Gasteiger partial charge in [-0.3, -0.25) is 0 Å². The molecule has 20 heavy (non-hydrogen) atoms. The van der Waals surface area contributed by atoms with Gasteiger partial charge in [0.05, 0.1) is 17.4 Å². The second-order valence-electron chi connectivity index (χ2n) is 4.99. The fourth-order valence-corrected chi connectivity index (χ4v) is 4.06. The summed E-state index contributed by atoms with van der Waals surface area (Å²) in [6.07, 6.45) is 0.809. The number of benzene rings is 1. The fraction of sp³-hybridized carbons (Fsp3) is 0.500. The molecular formula is C14H19N3O2S. The van der Waals surface area contributed by atoms with Gasteiger partial charge in [-0.25, -0.2) is 8.42 Å². The quantitative estimate of drug-likeness (QED) is 0.851. The van der Waals surface area contributed by atoms with E-state index >= 15 is 0 Å². The Balaban J connectivity index is 2.13. The number of hydrogen-bond acceptors (Lipinski definition) is 4. The van der Waals surface area contributed by atoms with Crippen LogP contribution in [0.3, 0.4) is 0 Å². The van der Waals surface area contributed by atoms with Gasteiger partial charge in [-0.15, -0.1) is 0 Å². The van der Waals surface area contributed by atoms with E-state index in [0.717, 1.165) is 25.1 Å². The first-order valence-corrected chi connectivity index (χ1v) is 8.37. The molecule has 1 N–H and O–H groups in total. The Hall–Kier alpha value is -1.42. The van der Waals surface area contributed by atoms with Crippen LogP contribution >= 0.6 is 0 Å². The van der Waals surface area contributed by atoms with Gasteiger partial charge in [-0.1, -0.05) is 19.1 Å². The molecule has 0 aliphatic carbocycles. The van der Waals surface area contributed by atoms with Gasteiger partial charge in [0.1, 0.15) is 0 Å². The number of hydrogen-bond donors (Lipinski definition) is 1. The standard InChI is InChI=1S/C14H19N3O2S/c1-2-7-17(14-9-16-10-14)20(18,19)11-13-5-3-12(8-15)4-6-13/h3-6,14,16H,2,7,9-11H2,1H3. The average Bonchev–Trinajstić information content (AvgIpc) is 2.36. The third-order valence-electron chi connectivity index (χ3n) is 3.40. The lowest BCUT2D eigenvalue weighted by atomic mass is 10.2. The molecule has 0 unspecified atom stereocenters. The van der Waals surface area contributed by atoms with Crippen LogP contribution in [0.1, 0.15) is 24.5 Å². The Morgan fingerprint density at radius 3 is 2.45 bits per heavy atom. The molecule has 0 aromatic heterocycles. The van der Waals surface area contributed by atoms with E-state index in [4.69, 9.17) is 5.26 Å². The van der Waals surface area contributed by atoms with E-state index in [2.05, 4.69) is 5.32 Å². The maximum atomic E-state index is 12.5. The molecule has 0 amide bonds. The van der Waals surface area contributed by atoms with Crippen LogP contribution < -0.4 is 5.32 Å². The second kappa shape index (κ2) is 6.35. The van der Waals surface area contributed by atoms with Crippen molar-refractivity contribution in [3.8, 4) is 6.07 Å². The van der Waals surface area contributed by atoms with Crippen LogP contribution in [-0.4, -0.2) is 38.4 Å². The van der Waals surface area contributed by atoms with Gasteiger partial charge >= 0.3 is 0 Å². The molecule has 1 saturated heterocycles. The number of nitrogens with zero attached hydrogens (tertiary/aromatic N) is 2. The maximum absolute atomic E-state index is 12.5. The SMILES string of the molecule is CCCN(C1CNC1)S(=O)(=O)Cc1ccc(C#N)cc1. The van der Waals surface area contributed by atoms with E-state index in [1.165, 1.54) is 0 Å². The summed E-state index contributed by atoms with van der Waals surface area (Å²) in [6.45, 7) is 4.00. The van der Waals surface area contributed by atoms with Crippen LogP contribution in [0, 0.1) is 11.3 Å². The molecule has 1 heterocycles. The van der Waals surface area contributed by atoms with Crippen molar-refractivity contribution in [2.45, 2.75) is 25.1 Å². The minimum Gasteiger partial charge on any atom is -0.313 e. The molecule has 0 atom stereocenters. The topological polar surface area (TPSA) is 73.2 Å². The molecule has 6 heteroatoms. The Labute approximate surface area is 120 Å². The fourth-order valence-electron chi connectivity index (χ4n) is 2.22. The highest BCUT2D eigenvalue weighted by molar-refractivity contribution is 7.88. The van der Waals surface area contributed by atoms with Crippen molar-refractivity contribution in [3.05, 3.63) is 35.4 Å². The van der Waals surface area contributed by atoms with Crippen molar-refractivity contribution in [2.24, 2.45) is 0 Å². The van der Waals surface area contributed by atoms with Crippen molar-refractivity contribution in [3.63, 3.8) is 0 Å². The van der Waals surface area contributed by atoms with E-state index < -0.39 is 10.0 Å². The minimum absolute atomic E-state index is 0.00475. The van der Waals surface area contributed by atoms with Crippen molar-refractivity contribution in [2.75, 3.05) is 19.6 Å². The van der Waals surface area contributed by atoms with Crippen molar-refractivity contribution < 1.29 is 8.42 Å². The first kappa shape index (κ1) is 15.0. The number of sulfonamides is 1. The summed E-state index contributed by atoms with van der Waals surface area (Å²) in [5.41, 5.74) is 1.26. The molecule has 2 rings (SSSR count). The number of rotatable bonds is 6. The number of nitriles is 1. The molecule has 1 aliphatic heterocycles. The van der Waals surface area contributed by atoms with E-state index in [1.807, 2.05) is 13.0 Å². The lowest BCUT2D eigenvalue weighted by molar-refractivity contribution is 0.241. The summed E-state index contributed by atoms with van der Waals surface area (Å²) >= 11 is 0. The molecule has 0 spiro atoms. The van der Waals surface area contributed by atoms with E-state index in [0.29, 0.717) is 12.1 Å². The van der Waals surface area contributed by atoms with Crippen LogP contribution in [0.5, 0.6) is 0 Å². The van der Waals surface area contributed by atoms with Crippen LogP contribution in [0.2, 0.25) is 0 Å². The molecule has 5 nitrogen and oxygen atoms in total. The zero-order chi connectivity index (χ0) is 14.6. The van der Waals surface area contributed by atoms with Crippen LogP contribution in [0.15, 0.2) is 24.3 Å². The normalized spacial score (nSPS) is 15.8. The second-order valence-corrected chi connectivity index (χ2v) is 6.91. The largest absolute Gasteiger partial charge is 0.313 e. The van der Waals surface area contributed by atoms with Crippen LogP contribution in [-0.2, 0) is 15.8 Å².